The summed E-state index contributed by atoms with van der Waals surface area (Å²) in [6.07, 6.45) is 0. The van der Waals surface area contributed by atoms with Gasteiger partial charge in [-0.1, -0.05) is 273 Å². The van der Waals surface area contributed by atoms with Crippen molar-refractivity contribution >= 4 is 0 Å². The van der Waals surface area contributed by atoms with Gasteiger partial charge in [0.25, 0.3) is 0 Å². The highest BCUT2D eigenvalue weighted by Crippen LogP contribution is 2.64. The second kappa shape index (κ2) is 20.7. The van der Waals surface area contributed by atoms with Gasteiger partial charge in [-0.15, -0.1) is 0 Å². The second-order valence-corrected chi connectivity index (χ2v) is 22.2. The van der Waals surface area contributed by atoms with Crippen LogP contribution in [0.25, 0.3) is 134 Å². The Labute approximate surface area is 495 Å². The molecule has 0 atom stereocenters. The molecule has 0 saturated carbocycles. The summed E-state index contributed by atoms with van der Waals surface area (Å²) in [7, 11) is 0. The predicted octanol–water partition coefficient (Wildman–Crippen LogP) is 20.9. The Morgan fingerprint density at radius 1 is 0.165 bits per heavy atom. The minimum atomic E-state index is -0.517. The minimum absolute atomic E-state index is 0.517. The number of fused-ring (bicyclic) bond motifs is 10. The summed E-state index contributed by atoms with van der Waals surface area (Å²) in [5, 5.41) is 0. The predicted molar refractivity (Wildman–Crippen MR) is 350 cm³/mol. The zero-order chi connectivity index (χ0) is 56.3. The van der Waals surface area contributed by atoms with Crippen molar-refractivity contribution in [2.45, 2.75) is 5.41 Å². The molecule has 0 N–H and O–H groups in total. The molecule has 85 heavy (non-hydrogen) atoms. The van der Waals surface area contributed by atoms with Crippen LogP contribution in [0.3, 0.4) is 0 Å². The van der Waals surface area contributed by atoms with Crippen LogP contribution in [0.15, 0.2) is 322 Å². The average Bonchev–Trinajstić information content (AvgIpc) is 1.57. The van der Waals surface area contributed by atoms with Crippen LogP contribution in [0, 0.1) is 0 Å². The topological polar surface area (TPSA) is 38.7 Å². The Kier molecular flexibility index (Phi) is 12.1. The van der Waals surface area contributed by atoms with Crippen molar-refractivity contribution in [3.05, 3.63) is 344 Å². The van der Waals surface area contributed by atoms with Gasteiger partial charge in [-0.3, -0.25) is 0 Å². The van der Waals surface area contributed by atoms with Gasteiger partial charge < -0.3 is 0 Å². The van der Waals surface area contributed by atoms with Crippen LogP contribution in [-0.4, -0.2) is 15.0 Å². The van der Waals surface area contributed by atoms with Crippen molar-refractivity contribution in [2.75, 3.05) is 0 Å². The number of hydrogen-bond donors (Lipinski definition) is 0. The van der Waals surface area contributed by atoms with Gasteiger partial charge in [0, 0.05) is 16.7 Å². The molecule has 2 aliphatic rings. The normalized spacial score (nSPS) is 12.3. The first-order valence-electron chi connectivity index (χ1n) is 29.1. The maximum Gasteiger partial charge on any atom is 0.164 e. The minimum Gasteiger partial charge on any atom is -0.208 e. The summed E-state index contributed by atoms with van der Waals surface area (Å²) in [6.45, 7) is 0. The van der Waals surface area contributed by atoms with Crippen LogP contribution in [0.1, 0.15) is 22.3 Å². The van der Waals surface area contributed by atoms with E-state index in [1.165, 1.54) is 61.2 Å². The van der Waals surface area contributed by atoms with Crippen molar-refractivity contribution in [1.29, 1.82) is 0 Å². The smallest absolute Gasteiger partial charge is 0.164 e. The molecular weight excluding hydrogens is 1030 g/mol. The van der Waals surface area contributed by atoms with E-state index in [4.69, 9.17) is 15.0 Å². The molecule has 0 radical (unpaired) electrons. The zero-order valence-corrected chi connectivity index (χ0v) is 46.4. The first-order chi connectivity index (χ1) is 42.1. The van der Waals surface area contributed by atoms with Crippen molar-refractivity contribution < 1.29 is 0 Å². The fourth-order valence-electron chi connectivity index (χ4n) is 13.4. The third-order valence-electron chi connectivity index (χ3n) is 17.3. The van der Waals surface area contributed by atoms with Crippen molar-refractivity contribution in [1.82, 2.24) is 15.0 Å². The summed E-state index contributed by atoms with van der Waals surface area (Å²) < 4.78 is 0. The fraction of sp³-hybridized carbons (Fsp3) is 0.0122. The number of aromatic nitrogens is 3. The number of benzene rings is 13. The van der Waals surface area contributed by atoms with Crippen LogP contribution in [-0.2, 0) is 5.41 Å². The van der Waals surface area contributed by atoms with Crippen LogP contribution in [0.2, 0.25) is 0 Å². The largest absolute Gasteiger partial charge is 0.208 e. The molecule has 3 nitrogen and oxygen atoms in total. The summed E-state index contributed by atoms with van der Waals surface area (Å²) in [5.41, 5.74) is 28.3. The standard InChI is InChI=1S/C82H53N3/c1-5-22-54(23-6-1)64-48-65(55-24-7-2-8-25-55)51-68(50-64)61-31-19-30-60(46-61)58-42-44-59(45-43-58)79-83-80(63-33-20-32-62(47-63)69-52-66(56-26-9-3-10-27-56)49-67(53-69)57-28-11-4-12-29-57)85-81(84-79)73-37-21-41-77-78(73)72-36-15-18-40-76(72)82(77)74-38-16-13-34-70(74)71-35-14-17-39-75(71)82/h1-53H. The molecule has 0 amide bonds. The lowest BCUT2D eigenvalue weighted by molar-refractivity contribution is 0.794. The number of hydrogen-bond acceptors (Lipinski definition) is 3. The summed E-state index contributed by atoms with van der Waals surface area (Å²) in [4.78, 5) is 16.5. The van der Waals surface area contributed by atoms with E-state index < -0.39 is 5.41 Å². The Morgan fingerprint density at radius 3 is 0.906 bits per heavy atom. The van der Waals surface area contributed by atoms with E-state index in [9.17, 15) is 0 Å². The fourth-order valence-corrected chi connectivity index (χ4v) is 13.4. The molecule has 0 saturated heterocycles. The number of nitrogens with zero attached hydrogens (tertiary/aromatic N) is 3. The van der Waals surface area contributed by atoms with Crippen molar-refractivity contribution in [3.63, 3.8) is 0 Å². The van der Waals surface area contributed by atoms with Gasteiger partial charge >= 0.3 is 0 Å². The molecule has 0 aliphatic heterocycles. The molecule has 13 aromatic carbocycles. The van der Waals surface area contributed by atoms with E-state index in [2.05, 4.69) is 322 Å². The molecule has 0 fully saturated rings. The van der Waals surface area contributed by atoms with Gasteiger partial charge in [0.15, 0.2) is 17.5 Å². The van der Waals surface area contributed by atoms with E-state index in [1.54, 1.807) is 0 Å². The zero-order valence-electron chi connectivity index (χ0n) is 46.4. The van der Waals surface area contributed by atoms with Gasteiger partial charge in [0.05, 0.1) is 5.41 Å². The molecule has 3 heteroatoms. The highest BCUT2D eigenvalue weighted by atomic mass is 15.0. The summed E-state index contributed by atoms with van der Waals surface area (Å²) >= 11 is 0. The van der Waals surface area contributed by atoms with Crippen LogP contribution >= 0.6 is 0 Å². The van der Waals surface area contributed by atoms with E-state index in [0.29, 0.717) is 17.5 Å². The Bertz CT molecular complexity index is 4700. The molecule has 1 heterocycles. The van der Waals surface area contributed by atoms with Crippen LogP contribution in [0.5, 0.6) is 0 Å². The lowest BCUT2D eigenvalue weighted by Crippen LogP contribution is -2.25. The monoisotopic (exact) mass is 1080 g/mol. The molecule has 0 bridgehead atoms. The van der Waals surface area contributed by atoms with Gasteiger partial charge in [0.1, 0.15) is 0 Å². The van der Waals surface area contributed by atoms with E-state index in [-0.39, 0.29) is 0 Å². The molecule has 16 rings (SSSR count). The summed E-state index contributed by atoms with van der Waals surface area (Å²) in [6, 6.07) is 116. The SMILES string of the molecule is c1ccc(-c2cc(-c3ccccc3)cc(-c3cccc(-c4ccc(-c5nc(-c6cccc(-c7cc(-c8ccccc8)cc(-c8ccccc8)c7)c6)nc(-c6cccc7c6-c6ccccc6C76c7ccccc7-c7ccccc76)n5)cc4)c3)c2)cc1. The van der Waals surface area contributed by atoms with Crippen molar-refractivity contribution in [2.24, 2.45) is 0 Å². The quantitative estimate of drug-likeness (QED) is 0.137. The van der Waals surface area contributed by atoms with Gasteiger partial charge in [-0.25, -0.2) is 15.0 Å². The average molecular weight is 1080 g/mol. The second-order valence-electron chi connectivity index (χ2n) is 22.2. The molecule has 1 spiro atoms. The van der Waals surface area contributed by atoms with Gasteiger partial charge in [0.2, 0.25) is 0 Å². The van der Waals surface area contributed by atoms with Crippen LogP contribution < -0.4 is 0 Å². The molecule has 14 aromatic rings. The molecule has 2 aliphatic carbocycles. The van der Waals surface area contributed by atoms with E-state index in [0.717, 1.165) is 77.9 Å². The Morgan fingerprint density at radius 2 is 0.435 bits per heavy atom. The maximum absolute atomic E-state index is 5.55. The molecule has 0 unspecified atom stereocenters. The Hall–Kier alpha value is -11.1. The third kappa shape index (κ3) is 8.64. The van der Waals surface area contributed by atoms with Crippen LogP contribution in [0.4, 0.5) is 0 Å². The van der Waals surface area contributed by atoms with E-state index in [1.807, 2.05) is 0 Å². The summed E-state index contributed by atoms with van der Waals surface area (Å²) in [5.74, 6) is 1.82. The first-order valence-corrected chi connectivity index (χ1v) is 29.1. The van der Waals surface area contributed by atoms with E-state index >= 15 is 0 Å². The number of rotatable bonds is 10. The highest BCUT2D eigenvalue weighted by Gasteiger charge is 2.52. The molecule has 1 aromatic heterocycles. The first kappa shape index (κ1) is 49.7. The molecular formula is C82H53N3. The highest BCUT2D eigenvalue weighted by molar-refractivity contribution is 5.99. The lowest BCUT2D eigenvalue weighted by Gasteiger charge is -2.30. The van der Waals surface area contributed by atoms with Gasteiger partial charge in [-0.2, -0.15) is 0 Å². The Balaban J connectivity index is 0.842. The third-order valence-corrected chi connectivity index (χ3v) is 17.3. The van der Waals surface area contributed by atoms with Crippen molar-refractivity contribution in [3.8, 4) is 134 Å². The maximum atomic E-state index is 5.55. The molecule has 396 valence electrons. The van der Waals surface area contributed by atoms with Gasteiger partial charge in [-0.05, 0) is 171 Å². The lowest BCUT2D eigenvalue weighted by atomic mass is 9.70.